The molecule has 1 aliphatic rings. The minimum absolute atomic E-state index is 0.592. The minimum atomic E-state index is 0.592. The third-order valence-electron chi connectivity index (χ3n) is 1.70. The Kier molecular flexibility index (Phi) is 2.67. The molecule has 0 bridgehead atoms. The zero-order valence-corrected chi connectivity index (χ0v) is 6.80. The highest BCUT2D eigenvalue weighted by Gasteiger charge is 2.01. The highest BCUT2D eigenvalue weighted by Crippen LogP contribution is 2.05. The number of allylic oxidation sites excluding steroid dienone is 2. The van der Waals surface area contributed by atoms with Crippen molar-refractivity contribution >= 4 is 5.71 Å². The normalized spacial score (nSPS) is 18.9. The first-order chi connectivity index (χ1) is 4.80. The second-order valence-electron chi connectivity index (χ2n) is 3.01. The van der Waals surface area contributed by atoms with Crippen molar-refractivity contribution in [1.82, 2.24) is 0 Å². The lowest BCUT2D eigenvalue weighted by Gasteiger charge is -2.02. The number of hydrogen-bond acceptors (Lipinski definition) is 1. The number of rotatable bonds is 1. The van der Waals surface area contributed by atoms with E-state index in [0.29, 0.717) is 5.92 Å². The fraction of sp³-hybridized carbons (Fsp3) is 0.667. The van der Waals surface area contributed by atoms with Crippen LogP contribution in [-0.4, -0.2) is 12.3 Å². The summed E-state index contributed by atoms with van der Waals surface area (Å²) >= 11 is 0. The van der Waals surface area contributed by atoms with E-state index in [1.165, 1.54) is 18.6 Å². The van der Waals surface area contributed by atoms with Gasteiger partial charge in [-0.3, -0.25) is 4.99 Å². The molecule has 1 aliphatic heterocycles. The zero-order valence-electron chi connectivity index (χ0n) is 6.80. The number of aliphatic imine (C=N–C) groups is 1. The zero-order chi connectivity index (χ0) is 7.40. The molecule has 0 radical (unpaired) electrons. The highest BCUT2D eigenvalue weighted by molar-refractivity contribution is 5.96. The molecule has 1 heteroatoms. The van der Waals surface area contributed by atoms with Gasteiger partial charge in [-0.1, -0.05) is 19.9 Å². The Morgan fingerprint density at radius 2 is 2.30 bits per heavy atom. The Morgan fingerprint density at radius 1 is 1.50 bits per heavy atom. The van der Waals surface area contributed by atoms with Crippen LogP contribution in [0.3, 0.4) is 0 Å². The van der Waals surface area contributed by atoms with Gasteiger partial charge in [-0.25, -0.2) is 0 Å². The molecule has 1 nitrogen and oxygen atoms in total. The summed E-state index contributed by atoms with van der Waals surface area (Å²) in [5.74, 6) is 0.592. The van der Waals surface area contributed by atoms with Gasteiger partial charge in [0.15, 0.2) is 0 Å². The first-order valence-corrected chi connectivity index (χ1v) is 4.01. The van der Waals surface area contributed by atoms with Crippen molar-refractivity contribution in [3.8, 4) is 0 Å². The predicted octanol–water partition coefficient (Wildman–Crippen LogP) is 2.43. The second kappa shape index (κ2) is 3.55. The van der Waals surface area contributed by atoms with Gasteiger partial charge in [-0.2, -0.15) is 0 Å². The van der Waals surface area contributed by atoms with Gasteiger partial charge in [-0.15, -0.1) is 0 Å². The SMILES string of the molecule is CC(C)C1=NCCCC=C1. The van der Waals surface area contributed by atoms with E-state index in [-0.39, 0.29) is 0 Å². The van der Waals surface area contributed by atoms with E-state index in [4.69, 9.17) is 0 Å². The Balaban J connectivity index is 2.61. The smallest absolute Gasteiger partial charge is 0.0395 e. The van der Waals surface area contributed by atoms with Crippen LogP contribution in [0.15, 0.2) is 17.1 Å². The van der Waals surface area contributed by atoms with E-state index >= 15 is 0 Å². The van der Waals surface area contributed by atoms with Gasteiger partial charge in [-0.05, 0) is 24.8 Å². The van der Waals surface area contributed by atoms with E-state index in [1.54, 1.807) is 0 Å². The molecule has 0 spiro atoms. The largest absolute Gasteiger partial charge is 0.290 e. The molecule has 1 heterocycles. The van der Waals surface area contributed by atoms with Crippen molar-refractivity contribution < 1.29 is 0 Å². The molecular weight excluding hydrogens is 122 g/mol. The predicted molar refractivity (Wildman–Crippen MR) is 45.5 cm³/mol. The van der Waals surface area contributed by atoms with E-state index in [1.807, 2.05) is 0 Å². The fourth-order valence-corrected chi connectivity index (χ4v) is 1.05. The summed E-state index contributed by atoms with van der Waals surface area (Å²) in [5.41, 5.74) is 1.26. The number of nitrogens with zero attached hydrogens (tertiary/aromatic N) is 1. The van der Waals surface area contributed by atoms with Crippen LogP contribution in [0, 0.1) is 5.92 Å². The third-order valence-corrected chi connectivity index (χ3v) is 1.70. The maximum absolute atomic E-state index is 4.45. The summed E-state index contributed by atoms with van der Waals surface area (Å²) in [6, 6.07) is 0. The standard InChI is InChI=1S/C9H15N/c1-8(2)9-6-4-3-5-7-10-9/h4,6,8H,3,5,7H2,1-2H3. The Bertz CT molecular complexity index is 154. The van der Waals surface area contributed by atoms with Crippen molar-refractivity contribution in [1.29, 1.82) is 0 Å². The molecule has 0 atom stereocenters. The van der Waals surface area contributed by atoms with Crippen LogP contribution in [-0.2, 0) is 0 Å². The summed E-state index contributed by atoms with van der Waals surface area (Å²) in [4.78, 5) is 4.45. The van der Waals surface area contributed by atoms with Gasteiger partial charge in [0, 0.05) is 12.3 Å². The van der Waals surface area contributed by atoms with Gasteiger partial charge < -0.3 is 0 Å². The molecule has 0 saturated heterocycles. The molecule has 0 aromatic carbocycles. The molecule has 0 aromatic heterocycles. The fourth-order valence-electron chi connectivity index (χ4n) is 1.05. The molecule has 56 valence electrons. The van der Waals surface area contributed by atoms with Crippen LogP contribution >= 0.6 is 0 Å². The topological polar surface area (TPSA) is 12.4 Å². The molecule has 0 N–H and O–H groups in total. The van der Waals surface area contributed by atoms with Crippen LogP contribution in [0.2, 0.25) is 0 Å². The van der Waals surface area contributed by atoms with Crippen molar-refractivity contribution in [2.75, 3.05) is 6.54 Å². The van der Waals surface area contributed by atoms with Crippen molar-refractivity contribution in [2.45, 2.75) is 26.7 Å². The minimum Gasteiger partial charge on any atom is -0.290 e. The van der Waals surface area contributed by atoms with E-state index in [9.17, 15) is 0 Å². The molecule has 0 fully saturated rings. The van der Waals surface area contributed by atoms with Gasteiger partial charge >= 0.3 is 0 Å². The Morgan fingerprint density at radius 3 is 3.00 bits per heavy atom. The van der Waals surface area contributed by atoms with Crippen LogP contribution in [0.5, 0.6) is 0 Å². The van der Waals surface area contributed by atoms with Gasteiger partial charge in [0.1, 0.15) is 0 Å². The summed E-state index contributed by atoms with van der Waals surface area (Å²) in [6.07, 6.45) is 6.80. The van der Waals surface area contributed by atoms with Crippen molar-refractivity contribution in [3.63, 3.8) is 0 Å². The van der Waals surface area contributed by atoms with Gasteiger partial charge in [0.05, 0.1) is 0 Å². The summed E-state index contributed by atoms with van der Waals surface area (Å²) < 4.78 is 0. The monoisotopic (exact) mass is 137 g/mol. The van der Waals surface area contributed by atoms with Crippen LogP contribution in [0.25, 0.3) is 0 Å². The van der Waals surface area contributed by atoms with Gasteiger partial charge in [0.2, 0.25) is 0 Å². The quantitative estimate of drug-likeness (QED) is 0.526. The molecule has 0 unspecified atom stereocenters. The average Bonchev–Trinajstić information content (AvgIpc) is 2.12. The molecule has 0 aromatic rings. The van der Waals surface area contributed by atoms with Crippen LogP contribution in [0.1, 0.15) is 26.7 Å². The molecule has 0 amide bonds. The molecule has 0 aliphatic carbocycles. The van der Waals surface area contributed by atoms with E-state index in [2.05, 4.69) is 31.0 Å². The first-order valence-electron chi connectivity index (χ1n) is 4.01. The maximum atomic E-state index is 4.45. The summed E-state index contributed by atoms with van der Waals surface area (Å²) in [6.45, 7) is 5.39. The molecule has 10 heavy (non-hydrogen) atoms. The Labute approximate surface area is 62.9 Å². The number of hydrogen-bond donors (Lipinski definition) is 0. The lowest BCUT2D eigenvalue weighted by Crippen LogP contribution is -2.03. The molecular formula is C9H15N. The van der Waals surface area contributed by atoms with Crippen LogP contribution < -0.4 is 0 Å². The van der Waals surface area contributed by atoms with Crippen molar-refractivity contribution in [2.24, 2.45) is 10.9 Å². The average molecular weight is 137 g/mol. The lowest BCUT2D eigenvalue weighted by atomic mass is 10.1. The van der Waals surface area contributed by atoms with Crippen LogP contribution in [0.4, 0.5) is 0 Å². The first kappa shape index (κ1) is 7.52. The van der Waals surface area contributed by atoms with Crippen molar-refractivity contribution in [3.05, 3.63) is 12.2 Å². The molecule has 1 rings (SSSR count). The lowest BCUT2D eigenvalue weighted by molar-refractivity contribution is 0.840. The third kappa shape index (κ3) is 1.98. The van der Waals surface area contributed by atoms with Gasteiger partial charge in [0.25, 0.3) is 0 Å². The summed E-state index contributed by atoms with van der Waals surface area (Å²) in [7, 11) is 0. The van der Waals surface area contributed by atoms with E-state index < -0.39 is 0 Å². The van der Waals surface area contributed by atoms with E-state index in [0.717, 1.165) is 6.54 Å². The Hall–Kier alpha value is -0.590. The maximum Gasteiger partial charge on any atom is 0.0395 e. The highest BCUT2D eigenvalue weighted by atomic mass is 14.7. The molecule has 0 saturated carbocycles. The second-order valence-corrected chi connectivity index (χ2v) is 3.01. The summed E-state index contributed by atoms with van der Waals surface area (Å²) in [5, 5.41) is 0.